The number of oxime groups is 1. The van der Waals surface area contributed by atoms with Gasteiger partial charge in [0.15, 0.2) is 0 Å². The SMILES string of the molecule is CC(=N)/C(=N\O)c1ccccc1. The zero-order valence-electron chi connectivity index (χ0n) is 6.78. The van der Waals surface area contributed by atoms with Crippen LogP contribution in [0.4, 0.5) is 0 Å². The summed E-state index contributed by atoms with van der Waals surface area (Å²) < 4.78 is 0. The molecule has 1 rings (SSSR count). The molecule has 0 aliphatic rings. The normalized spacial score (nSPS) is 11.2. The second kappa shape index (κ2) is 3.67. The second-order valence-electron chi connectivity index (χ2n) is 2.44. The van der Waals surface area contributed by atoms with Gasteiger partial charge in [0, 0.05) is 5.56 Å². The molecule has 2 N–H and O–H groups in total. The van der Waals surface area contributed by atoms with Gasteiger partial charge in [-0.2, -0.15) is 0 Å². The second-order valence-corrected chi connectivity index (χ2v) is 2.44. The van der Waals surface area contributed by atoms with E-state index >= 15 is 0 Å². The average molecular weight is 162 g/mol. The first-order chi connectivity index (χ1) is 5.75. The number of rotatable bonds is 2. The van der Waals surface area contributed by atoms with E-state index in [4.69, 9.17) is 10.6 Å². The van der Waals surface area contributed by atoms with Crippen molar-refractivity contribution in [3.8, 4) is 0 Å². The van der Waals surface area contributed by atoms with Crippen LogP contribution in [0.15, 0.2) is 35.5 Å². The number of benzene rings is 1. The van der Waals surface area contributed by atoms with E-state index in [-0.39, 0.29) is 5.71 Å². The molecule has 0 unspecified atom stereocenters. The van der Waals surface area contributed by atoms with Crippen molar-refractivity contribution < 1.29 is 5.21 Å². The summed E-state index contributed by atoms with van der Waals surface area (Å²) in [6, 6.07) is 9.14. The highest BCUT2D eigenvalue weighted by atomic mass is 16.4. The van der Waals surface area contributed by atoms with Gasteiger partial charge in [0.2, 0.25) is 0 Å². The van der Waals surface area contributed by atoms with Crippen molar-refractivity contribution in [2.24, 2.45) is 5.16 Å². The molecule has 62 valence electrons. The first kappa shape index (κ1) is 8.46. The van der Waals surface area contributed by atoms with Crippen LogP contribution in [0, 0.1) is 5.41 Å². The van der Waals surface area contributed by atoms with Gasteiger partial charge in [0.1, 0.15) is 5.71 Å². The summed E-state index contributed by atoms with van der Waals surface area (Å²) in [5.41, 5.74) is 1.33. The Labute approximate surface area is 70.9 Å². The highest BCUT2D eigenvalue weighted by molar-refractivity contribution is 6.46. The van der Waals surface area contributed by atoms with Crippen molar-refractivity contribution >= 4 is 11.4 Å². The lowest BCUT2D eigenvalue weighted by atomic mass is 10.1. The minimum absolute atomic E-state index is 0.253. The van der Waals surface area contributed by atoms with Gasteiger partial charge in [0.05, 0.1) is 5.71 Å². The van der Waals surface area contributed by atoms with Crippen molar-refractivity contribution in [2.45, 2.75) is 6.92 Å². The molecule has 12 heavy (non-hydrogen) atoms. The van der Waals surface area contributed by atoms with Gasteiger partial charge in [-0.25, -0.2) is 0 Å². The quantitative estimate of drug-likeness (QED) is 0.389. The van der Waals surface area contributed by atoms with Crippen molar-refractivity contribution in [1.82, 2.24) is 0 Å². The smallest absolute Gasteiger partial charge is 0.130 e. The third-order valence-electron chi connectivity index (χ3n) is 1.50. The molecule has 3 nitrogen and oxygen atoms in total. The van der Waals surface area contributed by atoms with Gasteiger partial charge < -0.3 is 10.6 Å². The maximum absolute atomic E-state index is 8.60. The Morgan fingerprint density at radius 3 is 2.33 bits per heavy atom. The van der Waals surface area contributed by atoms with Crippen LogP contribution in [0.5, 0.6) is 0 Å². The minimum atomic E-state index is 0.253. The fraction of sp³-hybridized carbons (Fsp3) is 0.111. The molecule has 0 radical (unpaired) electrons. The van der Waals surface area contributed by atoms with Crippen molar-refractivity contribution in [1.29, 1.82) is 5.41 Å². The molecule has 0 bridgehead atoms. The fourth-order valence-corrected chi connectivity index (χ4v) is 0.945. The zero-order chi connectivity index (χ0) is 8.97. The number of nitrogens with one attached hydrogen (secondary N) is 1. The Bertz CT molecular complexity index is 304. The lowest BCUT2D eigenvalue weighted by Crippen LogP contribution is -2.10. The Balaban J connectivity index is 3.05. The molecule has 0 aromatic heterocycles. The van der Waals surface area contributed by atoms with E-state index in [1.165, 1.54) is 0 Å². The predicted molar refractivity (Wildman–Crippen MR) is 48.2 cm³/mol. The molecule has 0 saturated carbocycles. The van der Waals surface area contributed by atoms with Crippen LogP contribution in [-0.2, 0) is 0 Å². The maximum atomic E-state index is 8.60. The van der Waals surface area contributed by atoms with E-state index in [2.05, 4.69) is 5.16 Å². The molecule has 0 heterocycles. The molecule has 0 saturated heterocycles. The lowest BCUT2D eigenvalue weighted by Gasteiger charge is -2.00. The standard InChI is InChI=1S/C9H10N2O/c1-7(10)9(11-12)8-5-3-2-4-6-8/h2-6,10,12H,1H3/b10-7?,11-9+. The summed E-state index contributed by atoms with van der Waals surface area (Å²) in [4.78, 5) is 0. The summed E-state index contributed by atoms with van der Waals surface area (Å²) in [6.07, 6.45) is 0. The van der Waals surface area contributed by atoms with Crippen LogP contribution >= 0.6 is 0 Å². The fourth-order valence-electron chi connectivity index (χ4n) is 0.945. The van der Waals surface area contributed by atoms with Gasteiger partial charge in [-0.1, -0.05) is 35.5 Å². The number of hydrogen-bond donors (Lipinski definition) is 2. The first-order valence-corrected chi connectivity index (χ1v) is 3.58. The van der Waals surface area contributed by atoms with E-state index in [9.17, 15) is 0 Å². The largest absolute Gasteiger partial charge is 0.410 e. The average Bonchev–Trinajstić information content (AvgIpc) is 2.07. The molecular formula is C9H10N2O. The molecule has 1 aromatic carbocycles. The molecule has 0 spiro atoms. The minimum Gasteiger partial charge on any atom is -0.410 e. The summed E-state index contributed by atoms with van der Waals surface area (Å²) in [5, 5.41) is 18.9. The monoisotopic (exact) mass is 162 g/mol. The number of nitrogens with zero attached hydrogens (tertiary/aromatic N) is 1. The summed E-state index contributed by atoms with van der Waals surface area (Å²) in [6.45, 7) is 1.59. The van der Waals surface area contributed by atoms with Gasteiger partial charge in [-0.3, -0.25) is 0 Å². The Morgan fingerprint density at radius 2 is 1.92 bits per heavy atom. The van der Waals surface area contributed by atoms with Crippen molar-refractivity contribution in [3.63, 3.8) is 0 Å². The van der Waals surface area contributed by atoms with E-state index < -0.39 is 0 Å². The van der Waals surface area contributed by atoms with Gasteiger partial charge in [-0.15, -0.1) is 0 Å². The highest BCUT2D eigenvalue weighted by Crippen LogP contribution is 2.01. The first-order valence-electron chi connectivity index (χ1n) is 3.58. The van der Waals surface area contributed by atoms with Gasteiger partial charge in [0.25, 0.3) is 0 Å². The van der Waals surface area contributed by atoms with Crippen LogP contribution < -0.4 is 0 Å². The maximum Gasteiger partial charge on any atom is 0.130 e. The van der Waals surface area contributed by atoms with Crippen LogP contribution in [0.3, 0.4) is 0 Å². The van der Waals surface area contributed by atoms with E-state index in [0.717, 1.165) is 5.56 Å². The third kappa shape index (κ3) is 1.69. The van der Waals surface area contributed by atoms with E-state index in [0.29, 0.717) is 5.71 Å². The summed E-state index contributed by atoms with van der Waals surface area (Å²) in [5.74, 6) is 0. The summed E-state index contributed by atoms with van der Waals surface area (Å²) in [7, 11) is 0. The Kier molecular flexibility index (Phi) is 2.58. The van der Waals surface area contributed by atoms with Crippen LogP contribution in [-0.4, -0.2) is 16.6 Å². The molecule has 0 aliphatic heterocycles. The molecule has 0 aliphatic carbocycles. The van der Waals surface area contributed by atoms with Crippen LogP contribution in [0.25, 0.3) is 0 Å². The van der Waals surface area contributed by atoms with Crippen molar-refractivity contribution in [3.05, 3.63) is 35.9 Å². The van der Waals surface area contributed by atoms with E-state index in [1.807, 2.05) is 18.2 Å². The zero-order valence-corrected chi connectivity index (χ0v) is 6.78. The van der Waals surface area contributed by atoms with Gasteiger partial charge in [-0.05, 0) is 6.92 Å². The van der Waals surface area contributed by atoms with Crippen LogP contribution in [0.1, 0.15) is 12.5 Å². The molecule has 0 atom stereocenters. The number of hydrogen-bond acceptors (Lipinski definition) is 3. The lowest BCUT2D eigenvalue weighted by molar-refractivity contribution is 0.320. The Hall–Kier alpha value is -1.64. The molecule has 0 amide bonds. The Morgan fingerprint density at radius 1 is 1.33 bits per heavy atom. The molecule has 0 fully saturated rings. The van der Waals surface area contributed by atoms with Crippen LogP contribution in [0.2, 0.25) is 0 Å². The molecular weight excluding hydrogens is 152 g/mol. The molecule has 1 aromatic rings. The topological polar surface area (TPSA) is 56.4 Å². The van der Waals surface area contributed by atoms with Gasteiger partial charge >= 0.3 is 0 Å². The summed E-state index contributed by atoms with van der Waals surface area (Å²) >= 11 is 0. The third-order valence-corrected chi connectivity index (χ3v) is 1.50. The predicted octanol–water partition coefficient (Wildman–Crippen LogP) is 1.90. The molecule has 3 heteroatoms. The highest BCUT2D eigenvalue weighted by Gasteiger charge is 2.04. The van der Waals surface area contributed by atoms with E-state index in [1.54, 1.807) is 19.1 Å². The van der Waals surface area contributed by atoms with Crippen molar-refractivity contribution in [2.75, 3.05) is 0 Å².